The number of likely N-dealkylation sites (tertiary alicyclic amines) is 1. The molecule has 32 heavy (non-hydrogen) atoms. The van der Waals surface area contributed by atoms with Crippen molar-refractivity contribution in [1.29, 1.82) is 0 Å². The minimum atomic E-state index is -0.230. The maximum Gasteiger partial charge on any atom is 0.251 e. The highest BCUT2D eigenvalue weighted by Crippen LogP contribution is 2.28. The second-order valence-corrected chi connectivity index (χ2v) is 8.45. The minimum Gasteiger partial charge on any atom is -0.497 e. The Kier molecular flexibility index (Phi) is 5.95. The molecule has 0 saturated carbocycles. The Bertz CT molecular complexity index is 1080. The van der Waals surface area contributed by atoms with Gasteiger partial charge in [-0.3, -0.25) is 9.78 Å². The van der Waals surface area contributed by atoms with Gasteiger partial charge >= 0.3 is 0 Å². The number of carbonyl (C=O) groups excluding carboxylic acids is 1. The summed E-state index contributed by atoms with van der Waals surface area (Å²) >= 11 is 0. The predicted molar refractivity (Wildman–Crippen MR) is 123 cm³/mol. The second-order valence-electron chi connectivity index (χ2n) is 8.45. The van der Waals surface area contributed by atoms with E-state index in [4.69, 9.17) is 14.2 Å². The molecule has 2 aliphatic heterocycles. The number of rotatable bonds is 5. The monoisotopic (exact) mass is 432 g/mol. The largest absolute Gasteiger partial charge is 0.497 e. The molecular formula is C26H28N2O4. The summed E-state index contributed by atoms with van der Waals surface area (Å²) in [5.74, 6) is 1.81. The third-order valence-electron chi connectivity index (χ3n) is 6.34. The van der Waals surface area contributed by atoms with Gasteiger partial charge in [0.1, 0.15) is 23.7 Å². The van der Waals surface area contributed by atoms with Crippen molar-refractivity contribution < 1.29 is 19.0 Å². The SMILES string of the molecule is COc1ccc2cc(-c3ccc(OC4CCN(C(=O)C5CCCO5)CC4)cc3)cnc2c1. The number of amides is 1. The lowest BCUT2D eigenvalue weighted by Gasteiger charge is -2.33. The first-order valence-electron chi connectivity index (χ1n) is 11.3. The van der Waals surface area contributed by atoms with Crippen LogP contribution in [0.4, 0.5) is 0 Å². The number of nitrogens with zero attached hydrogens (tertiary/aromatic N) is 2. The van der Waals surface area contributed by atoms with Gasteiger partial charge in [0.2, 0.25) is 0 Å². The number of methoxy groups -OCH3 is 1. The molecule has 3 heterocycles. The molecule has 0 spiro atoms. The number of hydrogen-bond donors (Lipinski definition) is 0. The van der Waals surface area contributed by atoms with Crippen LogP contribution in [0.25, 0.3) is 22.0 Å². The lowest BCUT2D eigenvalue weighted by Crippen LogP contribution is -2.45. The van der Waals surface area contributed by atoms with E-state index in [-0.39, 0.29) is 18.1 Å². The van der Waals surface area contributed by atoms with Gasteiger partial charge in [0, 0.05) is 55.8 Å². The predicted octanol–water partition coefficient (Wildman–Crippen LogP) is 4.46. The molecule has 5 rings (SSSR count). The van der Waals surface area contributed by atoms with Gasteiger partial charge < -0.3 is 19.1 Å². The van der Waals surface area contributed by atoms with Gasteiger partial charge in [-0.2, -0.15) is 0 Å². The van der Waals surface area contributed by atoms with Crippen LogP contribution in [0.2, 0.25) is 0 Å². The molecule has 0 N–H and O–H groups in total. The molecule has 1 aromatic heterocycles. The van der Waals surface area contributed by atoms with Gasteiger partial charge in [-0.15, -0.1) is 0 Å². The van der Waals surface area contributed by atoms with E-state index in [9.17, 15) is 4.79 Å². The molecule has 0 aliphatic carbocycles. The molecule has 2 saturated heterocycles. The van der Waals surface area contributed by atoms with Crippen molar-refractivity contribution in [2.24, 2.45) is 0 Å². The van der Waals surface area contributed by atoms with Gasteiger partial charge in [-0.05, 0) is 48.7 Å². The fourth-order valence-corrected chi connectivity index (χ4v) is 4.47. The van der Waals surface area contributed by atoms with E-state index in [1.54, 1.807) is 7.11 Å². The van der Waals surface area contributed by atoms with Gasteiger partial charge in [0.15, 0.2) is 0 Å². The molecule has 2 fully saturated rings. The molecule has 6 nitrogen and oxygen atoms in total. The molecule has 0 bridgehead atoms. The third kappa shape index (κ3) is 4.41. The van der Waals surface area contributed by atoms with E-state index in [0.717, 1.165) is 72.3 Å². The minimum absolute atomic E-state index is 0.131. The molecule has 2 aliphatic rings. The summed E-state index contributed by atoms with van der Waals surface area (Å²) in [5, 5.41) is 1.08. The summed E-state index contributed by atoms with van der Waals surface area (Å²) in [7, 11) is 1.66. The number of hydrogen-bond acceptors (Lipinski definition) is 5. The summed E-state index contributed by atoms with van der Waals surface area (Å²) < 4.78 is 17.0. The lowest BCUT2D eigenvalue weighted by molar-refractivity contribution is -0.142. The molecule has 0 radical (unpaired) electrons. The molecular weight excluding hydrogens is 404 g/mol. The Hall–Kier alpha value is -3.12. The van der Waals surface area contributed by atoms with Gasteiger partial charge in [0.05, 0.1) is 12.6 Å². The van der Waals surface area contributed by atoms with Crippen LogP contribution in [-0.2, 0) is 9.53 Å². The Labute approximate surface area is 188 Å². The average molecular weight is 433 g/mol. The zero-order valence-electron chi connectivity index (χ0n) is 18.3. The Morgan fingerprint density at radius 3 is 2.50 bits per heavy atom. The first-order chi connectivity index (χ1) is 15.7. The number of pyridine rings is 1. The highest BCUT2D eigenvalue weighted by Gasteiger charge is 2.31. The Morgan fingerprint density at radius 2 is 1.78 bits per heavy atom. The van der Waals surface area contributed by atoms with E-state index < -0.39 is 0 Å². The topological polar surface area (TPSA) is 60.9 Å². The number of fused-ring (bicyclic) bond motifs is 1. The zero-order chi connectivity index (χ0) is 21.9. The average Bonchev–Trinajstić information content (AvgIpc) is 3.39. The molecule has 6 heteroatoms. The van der Waals surface area contributed by atoms with Crippen LogP contribution in [0.15, 0.2) is 54.7 Å². The van der Waals surface area contributed by atoms with Crippen molar-refractivity contribution in [1.82, 2.24) is 9.88 Å². The summed E-state index contributed by atoms with van der Waals surface area (Å²) in [6, 6.07) is 16.2. The summed E-state index contributed by atoms with van der Waals surface area (Å²) in [4.78, 5) is 19.0. The fraction of sp³-hybridized carbons (Fsp3) is 0.385. The molecule has 166 valence electrons. The van der Waals surface area contributed by atoms with Crippen molar-refractivity contribution in [2.45, 2.75) is 37.9 Å². The fourth-order valence-electron chi connectivity index (χ4n) is 4.47. The van der Waals surface area contributed by atoms with Crippen molar-refractivity contribution in [2.75, 3.05) is 26.8 Å². The second kappa shape index (κ2) is 9.17. The summed E-state index contributed by atoms with van der Waals surface area (Å²) in [6.07, 6.45) is 5.31. The Morgan fingerprint density at radius 1 is 1.00 bits per heavy atom. The highest BCUT2D eigenvalue weighted by molar-refractivity contribution is 5.84. The zero-order valence-corrected chi connectivity index (χ0v) is 18.3. The molecule has 1 atom stereocenters. The van der Waals surface area contributed by atoms with E-state index in [2.05, 4.69) is 23.2 Å². The van der Waals surface area contributed by atoms with E-state index in [1.807, 2.05) is 41.4 Å². The van der Waals surface area contributed by atoms with Crippen LogP contribution >= 0.6 is 0 Å². The smallest absolute Gasteiger partial charge is 0.251 e. The molecule has 3 aromatic rings. The first-order valence-corrected chi connectivity index (χ1v) is 11.3. The van der Waals surface area contributed by atoms with E-state index >= 15 is 0 Å². The van der Waals surface area contributed by atoms with E-state index in [0.29, 0.717) is 6.61 Å². The highest BCUT2D eigenvalue weighted by atomic mass is 16.5. The first kappa shape index (κ1) is 20.8. The van der Waals surface area contributed by atoms with Gasteiger partial charge in [-0.25, -0.2) is 0 Å². The Balaban J connectivity index is 1.19. The molecule has 1 amide bonds. The van der Waals surface area contributed by atoms with Crippen molar-refractivity contribution in [3.63, 3.8) is 0 Å². The van der Waals surface area contributed by atoms with Crippen LogP contribution in [0.3, 0.4) is 0 Å². The van der Waals surface area contributed by atoms with Crippen LogP contribution in [0.1, 0.15) is 25.7 Å². The van der Waals surface area contributed by atoms with Crippen LogP contribution < -0.4 is 9.47 Å². The molecule has 1 unspecified atom stereocenters. The quantitative estimate of drug-likeness (QED) is 0.596. The van der Waals surface area contributed by atoms with Crippen LogP contribution in [0, 0.1) is 0 Å². The maximum absolute atomic E-state index is 12.5. The van der Waals surface area contributed by atoms with Crippen LogP contribution in [0.5, 0.6) is 11.5 Å². The third-order valence-corrected chi connectivity index (χ3v) is 6.34. The summed E-state index contributed by atoms with van der Waals surface area (Å²) in [5.41, 5.74) is 3.08. The molecule has 2 aromatic carbocycles. The maximum atomic E-state index is 12.5. The van der Waals surface area contributed by atoms with Gasteiger partial charge in [-0.1, -0.05) is 12.1 Å². The number of piperidine rings is 1. The summed E-state index contributed by atoms with van der Waals surface area (Å²) in [6.45, 7) is 2.17. The number of benzene rings is 2. The normalized spacial score (nSPS) is 19.3. The number of ether oxygens (including phenoxy) is 3. The van der Waals surface area contributed by atoms with Crippen molar-refractivity contribution >= 4 is 16.8 Å². The van der Waals surface area contributed by atoms with E-state index in [1.165, 1.54) is 0 Å². The number of aromatic nitrogens is 1. The lowest BCUT2D eigenvalue weighted by atomic mass is 10.0. The number of carbonyl (C=O) groups is 1. The van der Waals surface area contributed by atoms with Crippen molar-refractivity contribution in [3.05, 3.63) is 54.7 Å². The van der Waals surface area contributed by atoms with Crippen LogP contribution in [-0.4, -0.2) is 54.8 Å². The van der Waals surface area contributed by atoms with Crippen molar-refractivity contribution in [3.8, 4) is 22.6 Å². The standard InChI is InChI=1S/C26H28N2O4/c1-30-23-9-6-19-15-20(17-27-24(19)16-23)18-4-7-21(8-5-18)32-22-10-12-28(13-11-22)26(29)25-3-2-14-31-25/h4-9,15-17,22,25H,2-3,10-14H2,1H3. The van der Waals surface area contributed by atoms with Gasteiger partial charge in [0.25, 0.3) is 5.91 Å².